The van der Waals surface area contributed by atoms with Crippen molar-refractivity contribution in [1.29, 1.82) is 5.26 Å². The van der Waals surface area contributed by atoms with Gasteiger partial charge in [-0.2, -0.15) is 5.26 Å². The summed E-state index contributed by atoms with van der Waals surface area (Å²) in [7, 11) is 0. The number of thiophene rings is 1. The second kappa shape index (κ2) is 7.74. The van der Waals surface area contributed by atoms with Crippen LogP contribution in [0.25, 0.3) is 10.1 Å². The van der Waals surface area contributed by atoms with E-state index in [9.17, 15) is 14.0 Å². The van der Waals surface area contributed by atoms with E-state index in [4.69, 9.17) is 21.6 Å². The van der Waals surface area contributed by atoms with Crippen molar-refractivity contribution < 1.29 is 18.7 Å². The molecule has 0 saturated carbocycles. The summed E-state index contributed by atoms with van der Waals surface area (Å²) in [5.74, 6) is -1.75. The molecule has 1 amide bonds. The monoisotopic (exact) mass is 402 g/mol. The Morgan fingerprint density at radius 3 is 2.81 bits per heavy atom. The normalized spacial score (nSPS) is 10.4. The number of carbonyl (C=O) groups excluding carboxylic acids is 2. The van der Waals surface area contributed by atoms with Gasteiger partial charge in [0, 0.05) is 15.1 Å². The quantitative estimate of drug-likeness (QED) is 0.643. The van der Waals surface area contributed by atoms with E-state index in [0.717, 1.165) is 11.3 Å². The number of fused-ring (bicyclic) bond motifs is 1. The summed E-state index contributed by atoms with van der Waals surface area (Å²) < 4.78 is 19.6. The van der Waals surface area contributed by atoms with E-state index in [2.05, 4.69) is 5.32 Å². The van der Waals surface area contributed by atoms with E-state index >= 15 is 0 Å². The van der Waals surface area contributed by atoms with Crippen LogP contribution in [0.5, 0.6) is 0 Å². The lowest BCUT2D eigenvalue weighted by Crippen LogP contribution is -2.21. The molecule has 1 aromatic heterocycles. The first-order chi connectivity index (χ1) is 12.9. The lowest BCUT2D eigenvalue weighted by atomic mass is 10.1. The van der Waals surface area contributed by atoms with Gasteiger partial charge in [-0.05, 0) is 42.8 Å². The van der Waals surface area contributed by atoms with E-state index in [1.54, 1.807) is 19.1 Å². The highest BCUT2D eigenvalue weighted by Crippen LogP contribution is 2.33. The summed E-state index contributed by atoms with van der Waals surface area (Å²) in [4.78, 5) is 24.6. The highest BCUT2D eigenvalue weighted by molar-refractivity contribution is 7.21. The molecule has 136 valence electrons. The van der Waals surface area contributed by atoms with Crippen LogP contribution >= 0.6 is 22.9 Å². The molecule has 3 aromatic rings. The molecule has 8 heteroatoms. The highest BCUT2D eigenvalue weighted by atomic mass is 35.5. The summed E-state index contributed by atoms with van der Waals surface area (Å²) in [6, 6.07) is 11.0. The van der Waals surface area contributed by atoms with Gasteiger partial charge in [0.1, 0.15) is 16.8 Å². The Hall–Kier alpha value is -2.95. The zero-order valence-electron chi connectivity index (χ0n) is 14.0. The molecule has 5 nitrogen and oxygen atoms in total. The molecule has 0 radical (unpaired) electrons. The van der Waals surface area contributed by atoms with Gasteiger partial charge in [0.05, 0.1) is 11.3 Å². The number of hydrogen-bond acceptors (Lipinski definition) is 5. The third kappa shape index (κ3) is 3.92. The molecule has 27 heavy (non-hydrogen) atoms. The molecule has 0 aliphatic rings. The molecule has 0 saturated heterocycles. The number of nitriles is 1. The number of esters is 1. The third-order valence-corrected chi connectivity index (χ3v) is 5.27. The first-order valence-electron chi connectivity index (χ1n) is 7.75. The maximum atomic E-state index is 13.9. The van der Waals surface area contributed by atoms with Crippen LogP contribution in [0, 0.1) is 24.1 Å². The topological polar surface area (TPSA) is 79.2 Å². The van der Waals surface area contributed by atoms with Gasteiger partial charge in [0.2, 0.25) is 0 Å². The summed E-state index contributed by atoms with van der Waals surface area (Å²) >= 11 is 6.96. The van der Waals surface area contributed by atoms with Crippen LogP contribution in [-0.4, -0.2) is 18.5 Å². The van der Waals surface area contributed by atoms with Gasteiger partial charge in [-0.1, -0.05) is 17.7 Å². The third-order valence-electron chi connectivity index (χ3n) is 3.80. The smallest absolute Gasteiger partial charge is 0.349 e. The minimum Gasteiger partial charge on any atom is -0.451 e. The van der Waals surface area contributed by atoms with Crippen molar-refractivity contribution in [3.05, 3.63) is 63.2 Å². The number of amides is 1. The fourth-order valence-electron chi connectivity index (χ4n) is 2.55. The van der Waals surface area contributed by atoms with E-state index in [1.165, 1.54) is 24.3 Å². The average molecular weight is 403 g/mol. The second-order valence-electron chi connectivity index (χ2n) is 5.60. The fraction of sp³-hybridized carbons (Fsp3) is 0.105. The Bertz CT molecular complexity index is 1100. The number of ether oxygens (including phenoxy) is 1. The number of aryl methyl sites for hydroxylation is 1. The molecule has 1 N–H and O–H groups in total. The van der Waals surface area contributed by atoms with Crippen LogP contribution < -0.4 is 5.32 Å². The van der Waals surface area contributed by atoms with E-state index in [1.807, 2.05) is 6.07 Å². The summed E-state index contributed by atoms with van der Waals surface area (Å²) in [5.41, 5.74) is 0.932. The minimum absolute atomic E-state index is 0.228. The number of anilines is 1. The summed E-state index contributed by atoms with van der Waals surface area (Å²) in [6.07, 6.45) is 0. The minimum atomic E-state index is -0.713. The van der Waals surface area contributed by atoms with Crippen molar-refractivity contribution in [2.24, 2.45) is 0 Å². The number of hydrogen-bond donors (Lipinski definition) is 1. The van der Waals surface area contributed by atoms with Crippen molar-refractivity contribution in [2.75, 3.05) is 11.9 Å². The molecular formula is C19H12ClFN2O3S. The summed E-state index contributed by atoms with van der Waals surface area (Å²) in [5, 5.41) is 12.3. The maximum absolute atomic E-state index is 13.9. The number of halogens is 2. The largest absolute Gasteiger partial charge is 0.451 e. The van der Waals surface area contributed by atoms with Crippen molar-refractivity contribution >= 4 is 50.6 Å². The number of nitrogens with one attached hydrogen (secondary N) is 1. The maximum Gasteiger partial charge on any atom is 0.349 e. The van der Waals surface area contributed by atoms with Crippen LogP contribution in [0.15, 0.2) is 36.4 Å². The van der Waals surface area contributed by atoms with E-state index in [-0.39, 0.29) is 16.1 Å². The molecule has 0 spiro atoms. The highest BCUT2D eigenvalue weighted by Gasteiger charge is 2.20. The Morgan fingerprint density at radius 1 is 1.33 bits per heavy atom. The SMILES string of the molecule is Cc1c(C(=O)OCC(=O)Nc2cc(Cl)ccc2C#N)sc2cccc(F)c12. The van der Waals surface area contributed by atoms with Crippen LogP contribution in [0.4, 0.5) is 10.1 Å². The average Bonchev–Trinajstić information content (AvgIpc) is 2.98. The molecule has 0 bridgehead atoms. The van der Waals surface area contributed by atoms with Crippen LogP contribution in [0.3, 0.4) is 0 Å². The van der Waals surface area contributed by atoms with Crippen LogP contribution in [0.1, 0.15) is 20.8 Å². The standard InChI is InChI=1S/C19H12ClFN2O3S/c1-10-17-13(21)3-2-4-15(17)27-18(10)19(25)26-9-16(24)23-14-7-12(20)6-5-11(14)8-22/h2-7H,9H2,1H3,(H,23,24). The molecule has 0 aliphatic carbocycles. The second-order valence-corrected chi connectivity index (χ2v) is 7.08. The van der Waals surface area contributed by atoms with Gasteiger partial charge in [0.25, 0.3) is 5.91 Å². The van der Waals surface area contributed by atoms with Gasteiger partial charge in [-0.3, -0.25) is 4.79 Å². The lowest BCUT2D eigenvalue weighted by Gasteiger charge is -2.08. The predicted molar refractivity (Wildman–Crippen MR) is 102 cm³/mol. The van der Waals surface area contributed by atoms with Gasteiger partial charge in [-0.25, -0.2) is 9.18 Å². The zero-order valence-corrected chi connectivity index (χ0v) is 15.6. The molecular weight excluding hydrogens is 391 g/mol. The summed E-state index contributed by atoms with van der Waals surface area (Å²) in [6.45, 7) is 1.08. The Balaban J connectivity index is 1.70. The zero-order chi connectivity index (χ0) is 19.6. The molecule has 2 aromatic carbocycles. The molecule has 0 aliphatic heterocycles. The number of rotatable bonds is 4. The Labute approximate surface area is 162 Å². The number of benzene rings is 2. The van der Waals surface area contributed by atoms with Gasteiger partial charge in [0.15, 0.2) is 6.61 Å². The fourth-order valence-corrected chi connectivity index (χ4v) is 3.84. The molecule has 0 atom stereocenters. The molecule has 0 unspecified atom stereocenters. The van der Waals surface area contributed by atoms with Crippen LogP contribution in [0.2, 0.25) is 5.02 Å². The van der Waals surface area contributed by atoms with Crippen molar-refractivity contribution in [2.45, 2.75) is 6.92 Å². The van der Waals surface area contributed by atoms with Crippen LogP contribution in [-0.2, 0) is 9.53 Å². The van der Waals surface area contributed by atoms with Crippen molar-refractivity contribution in [1.82, 2.24) is 0 Å². The number of carbonyl (C=O) groups is 2. The number of nitrogens with zero attached hydrogens (tertiary/aromatic N) is 1. The molecule has 3 rings (SSSR count). The Morgan fingerprint density at radius 2 is 2.11 bits per heavy atom. The molecule has 0 fully saturated rings. The first-order valence-corrected chi connectivity index (χ1v) is 8.94. The van der Waals surface area contributed by atoms with E-state index < -0.39 is 24.3 Å². The molecule has 1 heterocycles. The van der Waals surface area contributed by atoms with Gasteiger partial charge < -0.3 is 10.1 Å². The predicted octanol–water partition coefficient (Wildman–Crippen LogP) is 4.67. The Kier molecular flexibility index (Phi) is 5.40. The van der Waals surface area contributed by atoms with Gasteiger partial charge >= 0.3 is 5.97 Å². The van der Waals surface area contributed by atoms with Crippen molar-refractivity contribution in [3.8, 4) is 6.07 Å². The lowest BCUT2D eigenvalue weighted by molar-refractivity contribution is -0.119. The van der Waals surface area contributed by atoms with E-state index in [0.29, 0.717) is 20.7 Å². The van der Waals surface area contributed by atoms with Gasteiger partial charge in [-0.15, -0.1) is 11.3 Å². The van der Waals surface area contributed by atoms with Crippen molar-refractivity contribution in [3.63, 3.8) is 0 Å². The first kappa shape index (κ1) is 18.8.